The molecule has 132 valence electrons. The molecule has 2 aliphatic heterocycles. The van der Waals surface area contributed by atoms with Crippen LogP contribution in [0.15, 0.2) is 24.3 Å². The molecule has 2 aliphatic rings. The molecule has 0 aromatic heterocycles. The summed E-state index contributed by atoms with van der Waals surface area (Å²) in [6, 6.07) is 7.96. The third-order valence-corrected chi connectivity index (χ3v) is 4.95. The summed E-state index contributed by atoms with van der Waals surface area (Å²) in [5, 5.41) is 3.59. The summed E-state index contributed by atoms with van der Waals surface area (Å²) in [4.78, 5) is 14.9. The van der Waals surface area contributed by atoms with E-state index < -0.39 is 0 Å². The Bertz CT molecular complexity index is 567. The van der Waals surface area contributed by atoms with Crippen molar-refractivity contribution in [3.05, 3.63) is 24.3 Å². The normalized spacial score (nSPS) is 31.1. The van der Waals surface area contributed by atoms with Gasteiger partial charge in [0.2, 0.25) is 5.91 Å². The molecule has 0 bridgehead atoms. The molecule has 0 saturated carbocycles. The number of amides is 1. The number of nitrogens with one attached hydrogen (secondary N) is 1. The third kappa shape index (κ3) is 3.73. The number of benzene rings is 1. The number of methoxy groups -OCH3 is 1. The van der Waals surface area contributed by atoms with Crippen LogP contribution in [0.1, 0.15) is 39.5 Å². The van der Waals surface area contributed by atoms with E-state index in [0.717, 1.165) is 43.7 Å². The average molecular weight is 332 g/mol. The van der Waals surface area contributed by atoms with Crippen molar-refractivity contribution >= 4 is 11.6 Å². The van der Waals surface area contributed by atoms with Gasteiger partial charge in [0.15, 0.2) is 0 Å². The first-order valence-electron chi connectivity index (χ1n) is 8.94. The highest BCUT2D eigenvalue weighted by Gasteiger charge is 2.34. The number of carbonyl (C=O) groups excluding carboxylic acids is 1. The minimum absolute atomic E-state index is 0.119. The number of para-hydroxylation sites is 2. The third-order valence-electron chi connectivity index (χ3n) is 4.95. The monoisotopic (exact) mass is 332 g/mol. The lowest BCUT2D eigenvalue weighted by Crippen LogP contribution is -2.55. The Morgan fingerprint density at radius 3 is 2.62 bits per heavy atom. The molecule has 5 heteroatoms. The number of piperidine rings is 1. The molecule has 0 spiro atoms. The molecule has 0 aliphatic carbocycles. The van der Waals surface area contributed by atoms with E-state index in [1.807, 2.05) is 29.2 Å². The Kier molecular flexibility index (Phi) is 5.41. The van der Waals surface area contributed by atoms with Gasteiger partial charge >= 0.3 is 0 Å². The van der Waals surface area contributed by atoms with Crippen LogP contribution in [0.4, 0.5) is 5.69 Å². The standard InChI is InChI=1S/C19H28N2O3/c1-13-11-15(12-14(2)24-13)20-16-7-6-10-21(19(16)22)17-8-4-5-9-18(17)23-3/h4-5,8-9,13-16,20H,6-7,10-12H2,1-3H3/t13-,14+,15?,16-/m0/s1. The molecule has 1 aromatic rings. The predicted molar refractivity (Wildman–Crippen MR) is 94.5 cm³/mol. The summed E-state index contributed by atoms with van der Waals surface area (Å²) in [6.45, 7) is 4.96. The van der Waals surface area contributed by atoms with Crippen LogP contribution in [0.25, 0.3) is 0 Å². The molecule has 1 aromatic carbocycles. The second kappa shape index (κ2) is 7.53. The fourth-order valence-electron chi connectivity index (χ4n) is 3.95. The Balaban J connectivity index is 1.71. The SMILES string of the molecule is COc1ccccc1N1CCC[C@H](NC2C[C@@H](C)O[C@@H](C)C2)C1=O. The molecule has 2 fully saturated rings. The quantitative estimate of drug-likeness (QED) is 0.921. The molecule has 2 saturated heterocycles. The number of anilines is 1. The van der Waals surface area contributed by atoms with Gasteiger partial charge < -0.3 is 19.7 Å². The number of carbonyl (C=O) groups is 1. The van der Waals surface area contributed by atoms with E-state index in [0.29, 0.717) is 6.04 Å². The van der Waals surface area contributed by atoms with Crippen molar-refractivity contribution in [3.8, 4) is 5.75 Å². The van der Waals surface area contributed by atoms with Crippen LogP contribution in [-0.4, -0.2) is 43.9 Å². The van der Waals surface area contributed by atoms with Crippen molar-refractivity contribution in [2.24, 2.45) is 0 Å². The topological polar surface area (TPSA) is 50.8 Å². The lowest BCUT2D eigenvalue weighted by atomic mass is 9.96. The van der Waals surface area contributed by atoms with E-state index in [4.69, 9.17) is 9.47 Å². The maximum Gasteiger partial charge on any atom is 0.244 e. The van der Waals surface area contributed by atoms with E-state index in [1.54, 1.807) is 7.11 Å². The maximum atomic E-state index is 13.0. The molecule has 3 rings (SSSR count). The highest BCUT2D eigenvalue weighted by atomic mass is 16.5. The highest BCUT2D eigenvalue weighted by molar-refractivity contribution is 5.99. The zero-order valence-corrected chi connectivity index (χ0v) is 14.8. The van der Waals surface area contributed by atoms with Gasteiger partial charge in [0.05, 0.1) is 31.0 Å². The minimum Gasteiger partial charge on any atom is -0.495 e. The van der Waals surface area contributed by atoms with Gasteiger partial charge in [-0.25, -0.2) is 0 Å². The molecule has 0 radical (unpaired) electrons. The first-order valence-corrected chi connectivity index (χ1v) is 8.94. The Labute approximate surface area is 144 Å². The molecule has 1 N–H and O–H groups in total. The minimum atomic E-state index is -0.119. The summed E-state index contributed by atoms with van der Waals surface area (Å²) in [5.74, 6) is 0.900. The molecule has 2 heterocycles. The van der Waals surface area contributed by atoms with Gasteiger partial charge in [-0.05, 0) is 51.7 Å². The molecular formula is C19H28N2O3. The highest BCUT2D eigenvalue weighted by Crippen LogP contribution is 2.31. The molecular weight excluding hydrogens is 304 g/mol. The van der Waals surface area contributed by atoms with Crippen LogP contribution in [0.2, 0.25) is 0 Å². The van der Waals surface area contributed by atoms with Gasteiger partial charge in [0.25, 0.3) is 0 Å². The Morgan fingerprint density at radius 1 is 1.21 bits per heavy atom. The van der Waals surface area contributed by atoms with Crippen molar-refractivity contribution in [1.29, 1.82) is 0 Å². The first kappa shape index (κ1) is 17.2. The van der Waals surface area contributed by atoms with Gasteiger partial charge in [-0.1, -0.05) is 12.1 Å². The number of hydrogen-bond acceptors (Lipinski definition) is 4. The van der Waals surface area contributed by atoms with Gasteiger partial charge in [-0.3, -0.25) is 4.79 Å². The lowest BCUT2D eigenvalue weighted by molar-refractivity contribution is -0.122. The molecule has 4 atom stereocenters. The second-order valence-electron chi connectivity index (χ2n) is 6.95. The van der Waals surface area contributed by atoms with E-state index in [2.05, 4.69) is 19.2 Å². The van der Waals surface area contributed by atoms with Gasteiger partial charge in [0.1, 0.15) is 5.75 Å². The van der Waals surface area contributed by atoms with Gasteiger partial charge in [-0.15, -0.1) is 0 Å². The van der Waals surface area contributed by atoms with E-state index >= 15 is 0 Å². The Hall–Kier alpha value is -1.59. The first-order chi connectivity index (χ1) is 11.6. The maximum absolute atomic E-state index is 13.0. The van der Waals surface area contributed by atoms with Crippen LogP contribution in [0.3, 0.4) is 0 Å². The Morgan fingerprint density at radius 2 is 1.92 bits per heavy atom. The van der Waals surface area contributed by atoms with Gasteiger partial charge in [0, 0.05) is 12.6 Å². The summed E-state index contributed by atoms with van der Waals surface area (Å²) >= 11 is 0. The number of rotatable bonds is 4. The van der Waals surface area contributed by atoms with E-state index in [1.165, 1.54) is 0 Å². The summed E-state index contributed by atoms with van der Waals surface area (Å²) in [6.07, 6.45) is 4.30. The fourth-order valence-corrected chi connectivity index (χ4v) is 3.95. The van der Waals surface area contributed by atoms with E-state index in [9.17, 15) is 4.79 Å². The van der Waals surface area contributed by atoms with Crippen molar-refractivity contribution in [3.63, 3.8) is 0 Å². The van der Waals surface area contributed by atoms with Gasteiger partial charge in [-0.2, -0.15) is 0 Å². The molecule has 1 unspecified atom stereocenters. The molecule has 24 heavy (non-hydrogen) atoms. The average Bonchev–Trinajstić information content (AvgIpc) is 2.56. The number of nitrogens with zero attached hydrogens (tertiary/aromatic N) is 1. The molecule has 5 nitrogen and oxygen atoms in total. The van der Waals surface area contributed by atoms with Crippen LogP contribution in [0, 0.1) is 0 Å². The predicted octanol–water partition coefficient (Wildman–Crippen LogP) is 2.74. The zero-order chi connectivity index (χ0) is 17.1. The fraction of sp³-hybridized carbons (Fsp3) is 0.632. The van der Waals surface area contributed by atoms with Crippen molar-refractivity contribution in [2.75, 3.05) is 18.6 Å². The second-order valence-corrected chi connectivity index (χ2v) is 6.95. The van der Waals surface area contributed by atoms with Crippen molar-refractivity contribution in [2.45, 2.75) is 63.8 Å². The summed E-state index contributed by atoms with van der Waals surface area (Å²) < 4.78 is 11.2. The van der Waals surface area contributed by atoms with Crippen molar-refractivity contribution < 1.29 is 14.3 Å². The number of ether oxygens (including phenoxy) is 2. The van der Waals surface area contributed by atoms with Crippen LogP contribution in [0.5, 0.6) is 5.75 Å². The van der Waals surface area contributed by atoms with Crippen LogP contribution >= 0.6 is 0 Å². The lowest BCUT2D eigenvalue weighted by Gasteiger charge is -2.38. The van der Waals surface area contributed by atoms with Crippen molar-refractivity contribution in [1.82, 2.24) is 5.32 Å². The smallest absolute Gasteiger partial charge is 0.244 e. The largest absolute Gasteiger partial charge is 0.495 e. The summed E-state index contributed by atoms with van der Waals surface area (Å²) in [5.41, 5.74) is 0.866. The zero-order valence-electron chi connectivity index (χ0n) is 14.8. The van der Waals surface area contributed by atoms with E-state index in [-0.39, 0.29) is 24.2 Å². The summed E-state index contributed by atoms with van der Waals surface area (Å²) in [7, 11) is 1.65. The number of hydrogen-bond donors (Lipinski definition) is 1. The molecule has 1 amide bonds. The van der Waals surface area contributed by atoms with Crippen LogP contribution < -0.4 is 15.0 Å². The van der Waals surface area contributed by atoms with Crippen LogP contribution in [-0.2, 0) is 9.53 Å².